The summed E-state index contributed by atoms with van der Waals surface area (Å²) >= 11 is 1.51. The van der Waals surface area contributed by atoms with Crippen LogP contribution in [0.5, 0.6) is 0 Å². The van der Waals surface area contributed by atoms with E-state index < -0.39 is 0 Å². The highest BCUT2D eigenvalue weighted by molar-refractivity contribution is 8.16. The molecule has 0 saturated heterocycles. The molecule has 6 nitrogen and oxygen atoms in total. The average Bonchev–Trinajstić information content (AvgIpc) is 3.48. The number of ether oxygens (including phenoxy) is 1. The number of benzene rings is 1. The number of aliphatic imine (C=N–C) groups is 1. The van der Waals surface area contributed by atoms with Gasteiger partial charge in [-0.3, -0.25) is 4.79 Å². The minimum Gasteiger partial charge on any atom is -0.459 e. The highest BCUT2D eigenvalue weighted by atomic mass is 32.2. The standard InChI is InChI=1S/C27H33N3O3S/c1-15(2)33-26(32)24-17(4)28-27-30(25(24)20-7-5-6-16(3)10-20)21(14-34-27)13-23(31)29-22-12-18-8-9-19(22)11-18/h5-7,10,14-15,18-19,22,25H,8-9,11-13H2,1-4H3,(H,29,31)/t18-,19-,22-,25-/m0/s1. The first-order valence-electron chi connectivity index (χ1n) is 12.3. The van der Waals surface area contributed by atoms with Gasteiger partial charge in [0.05, 0.1) is 29.8 Å². The molecule has 1 amide bonds. The van der Waals surface area contributed by atoms with Crippen molar-refractivity contribution in [2.24, 2.45) is 16.8 Å². The summed E-state index contributed by atoms with van der Waals surface area (Å²) < 4.78 is 5.63. The van der Waals surface area contributed by atoms with Crippen LogP contribution in [0.2, 0.25) is 0 Å². The van der Waals surface area contributed by atoms with Gasteiger partial charge in [-0.15, -0.1) is 0 Å². The van der Waals surface area contributed by atoms with Gasteiger partial charge in [0.2, 0.25) is 5.91 Å². The van der Waals surface area contributed by atoms with Gasteiger partial charge in [0.25, 0.3) is 0 Å². The van der Waals surface area contributed by atoms with Gasteiger partial charge in [-0.2, -0.15) is 0 Å². The molecule has 0 radical (unpaired) electrons. The fraction of sp³-hybridized carbons (Fsp3) is 0.519. The molecule has 4 atom stereocenters. The van der Waals surface area contributed by atoms with Crippen molar-refractivity contribution in [3.05, 3.63) is 57.8 Å². The predicted octanol–water partition coefficient (Wildman–Crippen LogP) is 5.22. The molecule has 1 aromatic rings. The van der Waals surface area contributed by atoms with Crippen molar-refractivity contribution < 1.29 is 14.3 Å². The second kappa shape index (κ2) is 9.25. The largest absolute Gasteiger partial charge is 0.459 e. The van der Waals surface area contributed by atoms with Gasteiger partial charge in [0.15, 0.2) is 5.17 Å². The fourth-order valence-corrected chi connectivity index (χ4v) is 6.87. The second-order valence-corrected chi connectivity index (χ2v) is 11.1. The smallest absolute Gasteiger partial charge is 0.338 e. The number of nitrogens with zero attached hydrogens (tertiary/aromatic N) is 2. The van der Waals surface area contributed by atoms with Crippen molar-refractivity contribution in [1.82, 2.24) is 10.2 Å². The minimum atomic E-state index is -0.379. The number of amidine groups is 1. The topological polar surface area (TPSA) is 71.0 Å². The molecule has 2 aliphatic heterocycles. The van der Waals surface area contributed by atoms with Crippen molar-refractivity contribution in [3.63, 3.8) is 0 Å². The van der Waals surface area contributed by atoms with Crippen LogP contribution in [0.1, 0.15) is 70.0 Å². The van der Waals surface area contributed by atoms with Crippen molar-refractivity contribution >= 4 is 28.8 Å². The molecule has 34 heavy (non-hydrogen) atoms. The summed E-state index contributed by atoms with van der Waals surface area (Å²) in [5.74, 6) is 1.11. The molecule has 2 bridgehead atoms. The Balaban J connectivity index is 1.43. The number of rotatable bonds is 6. The SMILES string of the molecule is CC1=C(C(=O)OC(C)C)[C@H](c2cccc(C)c2)N2C(CC(=O)N[C@H]3C[C@H]4CC[C@H]3C4)=CSC2=N1. The molecule has 2 heterocycles. The lowest BCUT2D eigenvalue weighted by atomic mass is 9.92. The van der Waals surface area contributed by atoms with E-state index >= 15 is 0 Å². The third-order valence-corrected chi connectivity index (χ3v) is 8.24. The van der Waals surface area contributed by atoms with Gasteiger partial charge in [0.1, 0.15) is 0 Å². The summed E-state index contributed by atoms with van der Waals surface area (Å²) in [4.78, 5) is 33.1. The van der Waals surface area contributed by atoms with E-state index in [0.29, 0.717) is 23.2 Å². The van der Waals surface area contributed by atoms with Crippen LogP contribution in [-0.4, -0.2) is 34.1 Å². The molecular formula is C27H33N3O3S. The number of aryl methyl sites for hydroxylation is 1. The van der Waals surface area contributed by atoms with E-state index in [1.807, 2.05) is 51.3 Å². The molecule has 1 N–H and O–H groups in total. The van der Waals surface area contributed by atoms with Crippen LogP contribution >= 0.6 is 11.8 Å². The third kappa shape index (κ3) is 4.42. The van der Waals surface area contributed by atoms with Crippen molar-refractivity contribution in [2.75, 3.05) is 0 Å². The van der Waals surface area contributed by atoms with Gasteiger partial charge in [-0.05, 0) is 69.8 Å². The molecule has 2 aliphatic carbocycles. The van der Waals surface area contributed by atoms with Gasteiger partial charge < -0.3 is 15.0 Å². The molecule has 0 unspecified atom stereocenters. The molecular weight excluding hydrogens is 446 g/mol. The molecule has 7 heteroatoms. The Labute approximate surface area is 205 Å². The highest BCUT2D eigenvalue weighted by Gasteiger charge is 2.43. The Bertz CT molecular complexity index is 1110. The van der Waals surface area contributed by atoms with E-state index in [4.69, 9.17) is 9.73 Å². The predicted molar refractivity (Wildman–Crippen MR) is 135 cm³/mol. The Morgan fingerprint density at radius 1 is 1.24 bits per heavy atom. The molecule has 1 aromatic carbocycles. The minimum absolute atomic E-state index is 0.0474. The van der Waals surface area contributed by atoms with Crippen LogP contribution in [-0.2, 0) is 14.3 Å². The number of thioether (sulfide) groups is 1. The van der Waals surface area contributed by atoms with E-state index in [0.717, 1.165) is 34.3 Å². The number of amides is 1. The highest BCUT2D eigenvalue weighted by Crippen LogP contribution is 2.46. The molecule has 0 aromatic heterocycles. The first-order valence-corrected chi connectivity index (χ1v) is 13.2. The summed E-state index contributed by atoms with van der Waals surface area (Å²) in [5.41, 5.74) is 4.17. The third-order valence-electron chi connectivity index (χ3n) is 7.35. The van der Waals surface area contributed by atoms with Gasteiger partial charge in [-0.1, -0.05) is 48.0 Å². The number of hydrogen-bond acceptors (Lipinski definition) is 6. The maximum absolute atomic E-state index is 13.2. The number of fused-ring (bicyclic) bond motifs is 3. The zero-order valence-corrected chi connectivity index (χ0v) is 21.2. The van der Waals surface area contributed by atoms with Crippen molar-refractivity contribution in [3.8, 4) is 0 Å². The Kier molecular flexibility index (Phi) is 6.32. The van der Waals surface area contributed by atoms with Crippen molar-refractivity contribution in [2.45, 2.75) is 78.0 Å². The first-order chi connectivity index (χ1) is 16.3. The van der Waals surface area contributed by atoms with Crippen LogP contribution in [0, 0.1) is 18.8 Å². The lowest BCUT2D eigenvalue weighted by molar-refractivity contribution is -0.143. The maximum atomic E-state index is 13.2. The number of hydrogen-bond donors (Lipinski definition) is 1. The average molecular weight is 480 g/mol. The lowest BCUT2D eigenvalue weighted by Gasteiger charge is -2.36. The monoisotopic (exact) mass is 479 g/mol. The van der Waals surface area contributed by atoms with Crippen LogP contribution < -0.4 is 5.32 Å². The summed E-state index contributed by atoms with van der Waals surface area (Å²) in [7, 11) is 0. The zero-order chi connectivity index (χ0) is 24.0. The van der Waals surface area contributed by atoms with Crippen molar-refractivity contribution in [1.29, 1.82) is 0 Å². The number of allylic oxidation sites excluding steroid dienone is 1. The molecule has 4 aliphatic rings. The van der Waals surface area contributed by atoms with Gasteiger partial charge >= 0.3 is 5.97 Å². The van der Waals surface area contributed by atoms with Crippen LogP contribution in [0.4, 0.5) is 0 Å². The molecule has 2 fully saturated rings. The number of carbonyl (C=O) groups excluding carboxylic acids is 2. The summed E-state index contributed by atoms with van der Waals surface area (Å²) in [5, 5.41) is 6.11. The zero-order valence-electron chi connectivity index (χ0n) is 20.3. The van der Waals surface area contributed by atoms with E-state index in [1.165, 1.54) is 31.0 Å². The van der Waals surface area contributed by atoms with E-state index in [-0.39, 0.29) is 30.4 Å². The number of nitrogens with one attached hydrogen (secondary N) is 1. The molecule has 5 rings (SSSR count). The lowest BCUT2D eigenvalue weighted by Crippen LogP contribution is -2.41. The van der Waals surface area contributed by atoms with E-state index in [1.54, 1.807) is 0 Å². The van der Waals surface area contributed by atoms with Crippen LogP contribution in [0.15, 0.2) is 51.6 Å². The molecule has 0 spiro atoms. The summed E-state index contributed by atoms with van der Waals surface area (Å²) in [6, 6.07) is 8.11. The van der Waals surface area contributed by atoms with Crippen LogP contribution in [0.3, 0.4) is 0 Å². The Morgan fingerprint density at radius 2 is 2.06 bits per heavy atom. The second-order valence-electron chi connectivity index (χ2n) is 10.3. The summed E-state index contributed by atoms with van der Waals surface area (Å²) in [6.07, 6.45) is 4.95. The maximum Gasteiger partial charge on any atom is 0.338 e. The quantitative estimate of drug-likeness (QED) is 0.567. The Morgan fingerprint density at radius 3 is 2.74 bits per heavy atom. The molecule has 2 saturated carbocycles. The van der Waals surface area contributed by atoms with E-state index in [9.17, 15) is 9.59 Å². The number of carbonyl (C=O) groups is 2. The fourth-order valence-electron chi connectivity index (χ4n) is 5.91. The molecule has 180 valence electrons. The first kappa shape index (κ1) is 23.2. The summed E-state index contributed by atoms with van der Waals surface area (Å²) in [6.45, 7) is 7.61. The van der Waals surface area contributed by atoms with Gasteiger partial charge in [-0.25, -0.2) is 9.79 Å². The number of esters is 1. The van der Waals surface area contributed by atoms with E-state index in [2.05, 4.69) is 16.3 Å². The van der Waals surface area contributed by atoms with Gasteiger partial charge in [0, 0.05) is 11.7 Å². The van der Waals surface area contributed by atoms with Crippen LogP contribution in [0.25, 0.3) is 0 Å². The normalized spacial score (nSPS) is 27.6. The Hall–Kier alpha value is -2.54.